The molecule has 0 saturated heterocycles. The molecule has 0 aliphatic carbocycles. The first-order valence-corrected chi connectivity index (χ1v) is 4.30. The maximum atomic E-state index is 11.4. The summed E-state index contributed by atoms with van der Waals surface area (Å²) in [5.74, 6) is 1.11. The lowest BCUT2D eigenvalue weighted by Crippen LogP contribution is -2.15. The lowest BCUT2D eigenvalue weighted by Gasteiger charge is -1.91. The third-order valence-corrected chi connectivity index (χ3v) is 1.85. The van der Waals surface area contributed by atoms with Crippen molar-refractivity contribution in [2.45, 2.75) is 13.5 Å². The summed E-state index contributed by atoms with van der Waals surface area (Å²) in [6, 6.07) is 1.47. The third-order valence-electron chi connectivity index (χ3n) is 1.85. The van der Waals surface area contributed by atoms with Crippen LogP contribution >= 0.6 is 0 Å². The van der Waals surface area contributed by atoms with E-state index in [9.17, 15) is 4.79 Å². The molecule has 2 rings (SSSR count). The number of H-pyrrole nitrogens is 1. The SMILES string of the molecule is CNCc1nc2nc(C)cc(=O)n2[nH]1. The van der Waals surface area contributed by atoms with Crippen molar-refractivity contribution in [1.82, 2.24) is 24.9 Å². The fourth-order valence-electron chi connectivity index (χ4n) is 1.28. The summed E-state index contributed by atoms with van der Waals surface area (Å²) in [5.41, 5.74) is 0.542. The Morgan fingerprint density at radius 1 is 1.57 bits per heavy atom. The first-order valence-electron chi connectivity index (χ1n) is 4.30. The minimum atomic E-state index is -0.137. The van der Waals surface area contributed by atoms with Crippen LogP contribution in [0.5, 0.6) is 0 Å². The first-order chi connectivity index (χ1) is 6.70. The van der Waals surface area contributed by atoms with E-state index in [1.165, 1.54) is 10.6 Å². The highest BCUT2D eigenvalue weighted by Crippen LogP contribution is 1.95. The Morgan fingerprint density at radius 2 is 2.36 bits per heavy atom. The van der Waals surface area contributed by atoms with Crippen LogP contribution in [-0.4, -0.2) is 26.6 Å². The topological polar surface area (TPSA) is 75.1 Å². The summed E-state index contributed by atoms with van der Waals surface area (Å²) in [4.78, 5) is 19.7. The standard InChI is InChI=1S/C8H11N5O/c1-5-3-7(14)13-8(10-5)11-6(12-13)4-9-2/h3,9H,4H2,1-2H3,(H,10,11,12). The van der Waals surface area contributed by atoms with Crippen molar-refractivity contribution in [2.24, 2.45) is 0 Å². The van der Waals surface area contributed by atoms with Crippen molar-refractivity contribution in [3.05, 3.63) is 27.9 Å². The van der Waals surface area contributed by atoms with Crippen LogP contribution in [0.15, 0.2) is 10.9 Å². The summed E-state index contributed by atoms with van der Waals surface area (Å²) < 4.78 is 1.33. The number of rotatable bonds is 2. The van der Waals surface area contributed by atoms with Crippen LogP contribution in [0.3, 0.4) is 0 Å². The van der Waals surface area contributed by atoms with Gasteiger partial charge < -0.3 is 5.32 Å². The average Bonchev–Trinajstić information content (AvgIpc) is 2.48. The molecule has 2 N–H and O–H groups in total. The number of aromatic amines is 1. The number of nitrogens with zero attached hydrogens (tertiary/aromatic N) is 3. The van der Waals surface area contributed by atoms with E-state index in [2.05, 4.69) is 20.4 Å². The van der Waals surface area contributed by atoms with Gasteiger partial charge in [0.2, 0.25) is 0 Å². The second-order valence-electron chi connectivity index (χ2n) is 3.07. The quantitative estimate of drug-likeness (QED) is 0.670. The third kappa shape index (κ3) is 1.39. The summed E-state index contributed by atoms with van der Waals surface area (Å²) in [6.45, 7) is 2.36. The van der Waals surface area contributed by atoms with Crippen molar-refractivity contribution in [3.63, 3.8) is 0 Å². The Morgan fingerprint density at radius 3 is 3.07 bits per heavy atom. The molecule has 14 heavy (non-hydrogen) atoms. The number of aromatic nitrogens is 4. The van der Waals surface area contributed by atoms with E-state index in [4.69, 9.17) is 0 Å². The monoisotopic (exact) mass is 193 g/mol. The van der Waals surface area contributed by atoms with Gasteiger partial charge >= 0.3 is 0 Å². The van der Waals surface area contributed by atoms with Gasteiger partial charge in [0.05, 0.1) is 6.54 Å². The fraction of sp³-hybridized carbons (Fsp3) is 0.375. The summed E-state index contributed by atoms with van der Waals surface area (Å²) in [7, 11) is 1.81. The van der Waals surface area contributed by atoms with Crippen LogP contribution in [0.25, 0.3) is 5.78 Å². The Labute approximate surface area is 80.0 Å². The number of hydrogen-bond acceptors (Lipinski definition) is 4. The molecule has 0 bridgehead atoms. The van der Waals surface area contributed by atoms with Gasteiger partial charge in [-0.05, 0) is 14.0 Å². The van der Waals surface area contributed by atoms with Crippen molar-refractivity contribution in [3.8, 4) is 0 Å². The van der Waals surface area contributed by atoms with Crippen molar-refractivity contribution >= 4 is 5.78 Å². The van der Waals surface area contributed by atoms with Gasteiger partial charge in [-0.3, -0.25) is 9.89 Å². The van der Waals surface area contributed by atoms with E-state index >= 15 is 0 Å². The molecule has 0 fully saturated rings. The number of aryl methyl sites for hydroxylation is 1. The van der Waals surface area contributed by atoms with Crippen LogP contribution in [0.2, 0.25) is 0 Å². The van der Waals surface area contributed by atoms with Gasteiger partial charge in [0.1, 0.15) is 5.82 Å². The molecule has 0 unspecified atom stereocenters. The largest absolute Gasteiger partial charge is 0.313 e. The molecule has 0 aliphatic rings. The van der Waals surface area contributed by atoms with Gasteiger partial charge in [-0.25, -0.2) is 4.98 Å². The molecule has 2 aromatic rings. The maximum Gasteiger partial charge on any atom is 0.274 e. The van der Waals surface area contributed by atoms with Gasteiger partial charge in [-0.1, -0.05) is 0 Å². The maximum absolute atomic E-state index is 11.4. The normalized spacial score (nSPS) is 11.0. The summed E-state index contributed by atoms with van der Waals surface area (Å²) in [5, 5.41) is 5.80. The second-order valence-corrected chi connectivity index (χ2v) is 3.07. The highest BCUT2D eigenvalue weighted by Gasteiger charge is 2.04. The van der Waals surface area contributed by atoms with Crippen LogP contribution in [-0.2, 0) is 6.54 Å². The molecule has 0 aromatic carbocycles. The minimum absolute atomic E-state index is 0.137. The number of hydrogen-bond donors (Lipinski definition) is 2. The summed E-state index contributed by atoms with van der Waals surface area (Å²) >= 11 is 0. The van der Waals surface area contributed by atoms with E-state index in [-0.39, 0.29) is 5.56 Å². The fourth-order valence-corrected chi connectivity index (χ4v) is 1.28. The molecule has 74 valence electrons. The molecule has 0 saturated carbocycles. The predicted molar refractivity (Wildman–Crippen MR) is 51.1 cm³/mol. The minimum Gasteiger partial charge on any atom is -0.313 e. The van der Waals surface area contributed by atoms with Gasteiger partial charge in [-0.15, -0.1) is 0 Å². The van der Waals surface area contributed by atoms with Gasteiger partial charge in [-0.2, -0.15) is 9.50 Å². The van der Waals surface area contributed by atoms with Crippen molar-refractivity contribution < 1.29 is 0 Å². The first kappa shape index (κ1) is 8.89. The zero-order valence-electron chi connectivity index (χ0n) is 8.03. The molecule has 0 amide bonds. The van der Waals surface area contributed by atoms with E-state index in [0.717, 1.165) is 0 Å². The zero-order valence-corrected chi connectivity index (χ0v) is 8.03. The smallest absolute Gasteiger partial charge is 0.274 e. The lowest BCUT2D eigenvalue weighted by atomic mass is 10.5. The predicted octanol–water partition coefficient (Wildman–Crippen LogP) is -0.555. The molecule has 0 spiro atoms. The Balaban J connectivity index is 2.65. The van der Waals surface area contributed by atoms with E-state index in [1.807, 2.05) is 7.05 Å². The van der Waals surface area contributed by atoms with Crippen molar-refractivity contribution in [1.29, 1.82) is 0 Å². The van der Waals surface area contributed by atoms with Crippen LogP contribution in [0, 0.1) is 6.92 Å². The molecule has 0 aliphatic heterocycles. The Kier molecular flexibility index (Phi) is 2.05. The van der Waals surface area contributed by atoms with Crippen LogP contribution < -0.4 is 10.9 Å². The molecule has 0 radical (unpaired) electrons. The molecule has 2 heterocycles. The van der Waals surface area contributed by atoms with Crippen molar-refractivity contribution in [2.75, 3.05) is 7.05 Å². The van der Waals surface area contributed by atoms with Gasteiger partial charge in [0, 0.05) is 11.8 Å². The Bertz CT molecular complexity index is 512. The number of fused-ring (bicyclic) bond motifs is 1. The van der Waals surface area contributed by atoms with Crippen LogP contribution in [0.1, 0.15) is 11.5 Å². The number of nitrogens with one attached hydrogen (secondary N) is 2. The second kappa shape index (κ2) is 3.22. The Hall–Kier alpha value is -1.69. The highest BCUT2D eigenvalue weighted by molar-refractivity contribution is 5.27. The molecule has 6 nitrogen and oxygen atoms in total. The summed E-state index contributed by atoms with van der Waals surface area (Å²) in [6.07, 6.45) is 0. The molecule has 2 aromatic heterocycles. The molecular weight excluding hydrogens is 182 g/mol. The molecular formula is C8H11N5O. The van der Waals surface area contributed by atoms with E-state index in [0.29, 0.717) is 23.8 Å². The lowest BCUT2D eigenvalue weighted by molar-refractivity contribution is 0.747. The van der Waals surface area contributed by atoms with Gasteiger partial charge in [0.25, 0.3) is 11.3 Å². The zero-order chi connectivity index (χ0) is 10.1. The average molecular weight is 193 g/mol. The van der Waals surface area contributed by atoms with E-state index in [1.54, 1.807) is 6.92 Å². The molecule has 0 atom stereocenters. The van der Waals surface area contributed by atoms with Gasteiger partial charge in [0.15, 0.2) is 0 Å². The van der Waals surface area contributed by atoms with Crippen LogP contribution in [0.4, 0.5) is 0 Å². The highest BCUT2D eigenvalue weighted by atomic mass is 16.1. The van der Waals surface area contributed by atoms with E-state index < -0.39 is 0 Å². The molecule has 6 heteroatoms.